The molecule has 4 nitrogen and oxygen atoms in total. The Morgan fingerprint density at radius 1 is 1.21 bits per heavy atom. The lowest BCUT2D eigenvalue weighted by Crippen LogP contribution is -2.23. The van der Waals surface area contributed by atoms with Crippen molar-refractivity contribution < 1.29 is 0 Å². The smallest absolute Gasteiger partial charge is 0.290 e. The van der Waals surface area contributed by atoms with Crippen molar-refractivity contribution in [3.8, 4) is 0 Å². The third-order valence-corrected chi connectivity index (χ3v) is 3.45. The zero-order chi connectivity index (χ0) is 14.2. The van der Waals surface area contributed by atoms with Crippen LogP contribution in [0.2, 0.25) is 0 Å². The van der Waals surface area contributed by atoms with E-state index in [1.807, 2.05) is 44.6 Å². The molecular weight excluding hydrogens is 238 g/mol. The molecular formula is C15H21N3O. The van der Waals surface area contributed by atoms with Crippen molar-refractivity contribution in [1.82, 2.24) is 9.36 Å². The number of nitrogen functional groups attached to an aromatic ring is 1. The number of aryl methyl sites for hydroxylation is 1. The van der Waals surface area contributed by atoms with Crippen LogP contribution in [0, 0.1) is 6.92 Å². The topological polar surface area (TPSA) is 52.9 Å². The highest BCUT2D eigenvalue weighted by Gasteiger charge is 2.17. The minimum absolute atomic E-state index is 0.105. The van der Waals surface area contributed by atoms with Gasteiger partial charge in [-0.15, -0.1) is 0 Å². The Bertz CT molecular complexity index is 633. The van der Waals surface area contributed by atoms with Gasteiger partial charge in [-0.2, -0.15) is 0 Å². The first-order chi connectivity index (χ1) is 8.91. The number of benzene rings is 1. The summed E-state index contributed by atoms with van der Waals surface area (Å²) in [5.74, 6) is 0.233. The molecule has 19 heavy (non-hydrogen) atoms. The molecule has 2 rings (SSSR count). The van der Waals surface area contributed by atoms with Gasteiger partial charge in [0.25, 0.3) is 5.56 Å². The second-order valence-corrected chi connectivity index (χ2v) is 5.33. The van der Waals surface area contributed by atoms with Crippen LogP contribution in [0.1, 0.15) is 36.6 Å². The highest BCUT2D eigenvalue weighted by Crippen LogP contribution is 2.19. The van der Waals surface area contributed by atoms with Gasteiger partial charge in [0, 0.05) is 7.05 Å². The first-order valence-electron chi connectivity index (χ1n) is 6.52. The van der Waals surface area contributed by atoms with Gasteiger partial charge in [0.15, 0.2) is 0 Å². The molecule has 4 heteroatoms. The first-order valence-corrected chi connectivity index (χ1v) is 6.52. The summed E-state index contributed by atoms with van der Waals surface area (Å²) in [6.07, 6.45) is 0. The van der Waals surface area contributed by atoms with E-state index in [0.29, 0.717) is 12.2 Å². The van der Waals surface area contributed by atoms with Crippen LogP contribution in [0.15, 0.2) is 29.1 Å². The fraction of sp³-hybridized carbons (Fsp3) is 0.400. The Morgan fingerprint density at radius 3 is 2.26 bits per heavy atom. The van der Waals surface area contributed by atoms with Crippen molar-refractivity contribution in [3.63, 3.8) is 0 Å². The van der Waals surface area contributed by atoms with E-state index in [-0.39, 0.29) is 11.5 Å². The second-order valence-electron chi connectivity index (χ2n) is 5.33. The zero-order valence-corrected chi connectivity index (χ0v) is 12.0. The number of hydrogen-bond acceptors (Lipinski definition) is 2. The molecule has 0 bridgehead atoms. The minimum atomic E-state index is -0.105. The van der Waals surface area contributed by atoms with Crippen molar-refractivity contribution in [2.75, 3.05) is 5.73 Å². The van der Waals surface area contributed by atoms with E-state index in [4.69, 9.17) is 5.73 Å². The SMILES string of the molecule is Cc1ccc(Cn2c(=O)c(N)c(C(C)C)n2C)cc1. The molecule has 1 heterocycles. The summed E-state index contributed by atoms with van der Waals surface area (Å²) in [7, 11) is 1.89. The Kier molecular flexibility index (Phi) is 3.51. The lowest BCUT2D eigenvalue weighted by atomic mass is 10.1. The second kappa shape index (κ2) is 4.96. The van der Waals surface area contributed by atoms with E-state index in [0.717, 1.165) is 11.3 Å². The molecule has 2 N–H and O–H groups in total. The fourth-order valence-corrected chi connectivity index (χ4v) is 2.42. The summed E-state index contributed by atoms with van der Waals surface area (Å²) in [6, 6.07) is 8.19. The Labute approximate surface area is 113 Å². The van der Waals surface area contributed by atoms with Crippen LogP contribution in [0.4, 0.5) is 5.69 Å². The average Bonchev–Trinajstić information content (AvgIpc) is 2.56. The molecule has 2 aromatic rings. The van der Waals surface area contributed by atoms with E-state index >= 15 is 0 Å². The predicted octanol–water partition coefficient (Wildman–Crippen LogP) is 2.25. The molecule has 0 aliphatic heterocycles. The Hall–Kier alpha value is -1.97. The summed E-state index contributed by atoms with van der Waals surface area (Å²) in [4.78, 5) is 12.2. The quantitative estimate of drug-likeness (QED) is 0.919. The van der Waals surface area contributed by atoms with Crippen LogP contribution in [-0.4, -0.2) is 9.36 Å². The summed E-state index contributed by atoms with van der Waals surface area (Å²) >= 11 is 0. The van der Waals surface area contributed by atoms with E-state index in [1.165, 1.54) is 5.56 Å². The van der Waals surface area contributed by atoms with E-state index in [2.05, 4.69) is 12.1 Å². The van der Waals surface area contributed by atoms with E-state index < -0.39 is 0 Å². The number of rotatable bonds is 3. The molecule has 0 spiro atoms. The maximum absolute atomic E-state index is 12.2. The molecule has 102 valence electrons. The van der Waals surface area contributed by atoms with Gasteiger partial charge >= 0.3 is 0 Å². The highest BCUT2D eigenvalue weighted by molar-refractivity contribution is 5.43. The average molecular weight is 259 g/mol. The molecule has 0 fully saturated rings. The number of anilines is 1. The predicted molar refractivity (Wildman–Crippen MR) is 78.5 cm³/mol. The van der Waals surface area contributed by atoms with Gasteiger partial charge in [-0.05, 0) is 18.4 Å². The maximum Gasteiger partial charge on any atom is 0.290 e. The number of hydrogen-bond donors (Lipinski definition) is 1. The Morgan fingerprint density at radius 2 is 1.79 bits per heavy atom. The van der Waals surface area contributed by atoms with Crippen LogP contribution in [0.5, 0.6) is 0 Å². The monoisotopic (exact) mass is 259 g/mol. The van der Waals surface area contributed by atoms with Gasteiger partial charge in [0.05, 0.1) is 12.2 Å². The third kappa shape index (κ3) is 2.43. The molecule has 0 unspecified atom stereocenters. The molecule has 0 aliphatic rings. The number of aromatic nitrogens is 2. The van der Waals surface area contributed by atoms with Gasteiger partial charge in [0.2, 0.25) is 0 Å². The number of nitrogens with two attached hydrogens (primary N) is 1. The van der Waals surface area contributed by atoms with Gasteiger partial charge in [-0.25, -0.2) is 4.68 Å². The summed E-state index contributed by atoms with van der Waals surface area (Å²) in [6.45, 7) is 6.68. The standard InChI is InChI=1S/C15H21N3O/c1-10(2)14-13(16)15(19)18(17(14)4)9-12-7-5-11(3)6-8-12/h5-8,10H,9,16H2,1-4H3. The van der Waals surface area contributed by atoms with E-state index in [1.54, 1.807) is 4.68 Å². The van der Waals surface area contributed by atoms with Crippen LogP contribution in [-0.2, 0) is 13.6 Å². The molecule has 0 radical (unpaired) electrons. The van der Waals surface area contributed by atoms with Crippen LogP contribution in [0.25, 0.3) is 0 Å². The summed E-state index contributed by atoms with van der Waals surface area (Å²) < 4.78 is 3.57. The summed E-state index contributed by atoms with van der Waals surface area (Å²) in [5.41, 5.74) is 9.40. The summed E-state index contributed by atoms with van der Waals surface area (Å²) in [5, 5.41) is 0. The van der Waals surface area contributed by atoms with E-state index in [9.17, 15) is 4.79 Å². The molecule has 0 amide bonds. The molecule has 0 saturated carbocycles. The highest BCUT2D eigenvalue weighted by atomic mass is 16.1. The van der Waals surface area contributed by atoms with Crippen molar-refractivity contribution in [2.45, 2.75) is 33.2 Å². The molecule has 1 aromatic heterocycles. The first kappa shape index (κ1) is 13.5. The number of nitrogens with zero attached hydrogens (tertiary/aromatic N) is 2. The maximum atomic E-state index is 12.2. The minimum Gasteiger partial charge on any atom is -0.393 e. The van der Waals surface area contributed by atoms with Crippen LogP contribution < -0.4 is 11.3 Å². The largest absolute Gasteiger partial charge is 0.393 e. The van der Waals surface area contributed by atoms with Crippen molar-refractivity contribution in [3.05, 3.63) is 51.4 Å². The van der Waals surface area contributed by atoms with Gasteiger partial charge in [0.1, 0.15) is 5.69 Å². The fourth-order valence-electron chi connectivity index (χ4n) is 2.42. The van der Waals surface area contributed by atoms with Crippen molar-refractivity contribution >= 4 is 5.69 Å². The van der Waals surface area contributed by atoms with Crippen molar-refractivity contribution in [2.24, 2.45) is 7.05 Å². The van der Waals surface area contributed by atoms with Gasteiger partial charge < -0.3 is 5.73 Å². The molecule has 0 saturated heterocycles. The Balaban J connectivity index is 2.44. The van der Waals surface area contributed by atoms with Crippen LogP contribution >= 0.6 is 0 Å². The molecule has 1 aromatic carbocycles. The van der Waals surface area contributed by atoms with Gasteiger partial charge in [-0.3, -0.25) is 9.48 Å². The van der Waals surface area contributed by atoms with Gasteiger partial charge in [-0.1, -0.05) is 43.7 Å². The molecule has 0 aliphatic carbocycles. The van der Waals surface area contributed by atoms with Crippen molar-refractivity contribution in [1.29, 1.82) is 0 Å². The normalized spacial score (nSPS) is 11.2. The lowest BCUT2D eigenvalue weighted by molar-refractivity contribution is 0.508. The zero-order valence-electron chi connectivity index (χ0n) is 12.0. The lowest BCUT2D eigenvalue weighted by Gasteiger charge is -2.12. The third-order valence-electron chi connectivity index (χ3n) is 3.45. The van der Waals surface area contributed by atoms with Crippen LogP contribution in [0.3, 0.4) is 0 Å². The molecule has 0 atom stereocenters.